The van der Waals surface area contributed by atoms with Crippen molar-refractivity contribution in [2.45, 2.75) is 34.3 Å². The van der Waals surface area contributed by atoms with Gasteiger partial charge in [-0.15, -0.1) is 23.2 Å². The van der Waals surface area contributed by atoms with Crippen LogP contribution in [0.4, 0.5) is 11.4 Å². The molecule has 2 bridgehead atoms. The average Bonchev–Trinajstić information content (AvgIpc) is 3.54. The van der Waals surface area contributed by atoms with Crippen molar-refractivity contribution in [3.63, 3.8) is 0 Å². The Morgan fingerprint density at radius 3 is 2.12 bits per heavy atom. The minimum atomic E-state index is -2.03. The number of rotatable bonds is 6. The van der Waals surface area contributed by atoms with Crippen molar-refractivity contribution in [2.24, 2.45) is 17.8 Å². The van der Waals surface area contributed by atoms with Crippen molar-refractivity contribution >= 4 is 105 Å². The summed E-state index contributed by atoms with van der Waals surface area (Å²) in [6, 6.07) is 11.5. The van der Waals surface area contributed by atoms with Gasteiger partial charge in [0, 0.05) is 13.0 Å². The Bertz CT molecular complexity index is 1600. The van der Waals surface area contributed by atoms with Crippen LogP contribution in [0.2, 0.25) is 0 Å². The number of hydrogen-bond donors (Lipinski definition) is 0. The smallest absolute Gasteiger partial charge is 0.316 e. The molecule has 2 aliphatic carbocycles. The number of ether oxygens (including phenoxy) is 2. The molecular formula is C29H22Cl6N2O6. The maximum absolute atomic E-state index is 13.7. The third kappa shape index (κ3) is 4.03. The van der Waals surface area contributed by atoms with E-state index in [9.17, 15) is 19.2 Å². The molecule has 5 atom stereocenters. The predicted octanol–water partition coefficient (Wildman–Crippen LogP) is 6.30. The van der Waals surface area contributed by atoms with Crippen LogP contribution in [0.5, 0.6) is 11.5 Å². The van der Waals surface area contributed by atoms with Crippen LogP contribution in [0.25, 0.3) is 0 Å². The fourth-order valence-electron chi connectivity index (χ4n) is 6.43. The summed E-state index contributed by atoms with van der Waals surface area (Å²) in [5.41, 5.74) is 1.24. The minimum Gasteiger partial charge on any atom is -0.492 e. The maximum Gasteiger partial charge on any atom is 0.316 e. The fourth-order valence-corrected chi connectivity index (χ4v) is 9.36. The number of halogens is 6. The van der Waals surface area contributed by atoms with Gasteiger partial charge in [-0.2, -0.15) is 0 Å². The number of alkyl halides is 4. The predicted molar refractivity (Wildman–Crippen MR) is 165 cm³/mol. The van der Waals surface area contributed by atoms with Crippen LogP contribution in [0.15, 0.2) is 52.5 Å². The summed E-state index contributed by atoms with van der Waals surface area (Å²) in [5, 5.41) is -0.353. The number of hydrogen-bond acceptors (Lipinski definition) is 6. The van der Waals surface area contributed by atoms with E-state index < -0.39 is 49.6 Å². The first kappa shape index (κ1) is 30.8. The molecule has 0 spiro atoms. The first-order chi connectivity index (χ1) is 20.2. The Labute approximate surface area is 276 Å². The normalized spacial score (nSPS) is 30.9. The van der Waals surface area contributed by atoms with Gasteiger partial charge in [0.05, 0.1) is 45.8 Å². The summed E-state index contributed by atoms with van der Waals surface area (Å²) < 4.78 is 9.22. The second-order valence-electron chi connectivity index (χ2n) is 10.8. The molecule has 2 aromatic carbocycles. The van der Waals surface area contributed by atoms with E-state index in [4.69, 9.17) is 79.1 Å². The molecule has 0 unspecified atom stereocenters. The number of aryl methyl sites for hydroxylation is 1. The molecule has 2 aromatic rings. The van der Waals surface area contributed by atoms with Gasteiger partial charge in [0.2, 0.25) is 17.7 Å². The number of carbonyl (C=O) groups is 4. The number of fused-ring (bicyclic) bond motifs is 5. The van der Waals surface area contributed by atoms with Crippen molar-refractivity contribution in [3.05, 3.63) is 58.1 Å². The number of carbonyl (C=O) groups excluding carboxylic acids is 4. The van der Waals surface area contributed by atoms with Gasteiger partial charge in [-0.05, 0) is 49.7 Å². The van der Waals surface area contributed by atoms with Crippen LogP contribution >= 0.6 is 69.6 Å². The average molecular weight is 707 g/mol. The number of benzene rings is 2. The van der Waals surface area contributed by atoms with Gasteiger partial charge < -0.3 is 14.4 Å². The standard InChI is InChI=1S/C29H22Cl6N2O6/c1-3-42-18-7-5-4-6-17(18)36-12-14(11-19(36)38)26(41)43-15-8-9-16(13(2)10-15)37-24(39)20-21(25(37)40)28(33)23(31)22(30)27(20,32)29(28,34)35/h4-10,14,20-21H,3,11-12H2,1-2H3/t14-,20-,21+,27+,28+/m0/s1. The Morgan fingerprint density at radius 2 is 1.53 bits per heavy atom. The van der Waals surface area contributed by atoms with E-state index in [1.807, 2.05) is 6.92 Å². The van der Waals surface area contributed by atoms with Crippen molar-refractivity contribution in [3.8, 4) is 11.5 Å². The first-order valence-electron chi connectivity index (χ1n) is 13.3. The summed E-state index contributed by atoms with van der Waals surface area (Å²) in [5.74, 6) is -4.74. The summed E-state index contributed by atoms with van der Waals surface area (Å²) >= 11 is 39.4. The van der Waals surface area contributed by atoms with Gasteiger partial charge in [0.25, 0.3) is 0 Å². The molecule has 14 heteroatoms. The molecule has 2 aliphatic heterocycles. The van der Waals surface area contributed by atoms with Gasteiger partial charge in [0.15, 0.2) is 4.33 Å². The van der Waals surface area contributed by atoms with Crippen LogP contribution in [-0.2, 0) is 19.2 Å². The third-order valence-electron chi connectivity index (χ3n) is 8.45. The summed E-state index contributed by atoms with van der Waals surface area (Å²) in [6.07, 6.45) is -0.0297. The highest BCUT2D eigenvalue weighted by Gasteiger charge is 2.87. The second kappa shape index (κ2) is 10.4. The van der Waals surface area contributed by atoms with Crippen LogP contribution in [0.1, 0.15) is 18.9 Å². The van der Waals surface area contributed by atoms with E-state index in [2.05, 4.69) is 0 Å². The van der Waals surface area contributed by atoms with Crippen LogP contribution < -0.4 is 19.3 Å². The monoisotopic (exact) mass is 704 g/mol. The summed E-state index contributed by atoms with van der Waals surface area (Å²) in [4.78, 5) is 51.9. The lowest BCUT2D eigenvalue weighted by molar-refractivity contribution is -0.139. The van der Waals surface area contributed by atoms with Gasteiger partial charge in [-0.1, -0.05) is 58.5 Å². The number of anilines is 2. The molecule has 8 nitrogen and oxygen atoms in total. The lowest BCUT2D eigenvalue weighted by Gasteiger charge is -2.34. The molecule has 0 N–H and O–H groups in total. The zero-order valence-corrected chi connectivity index (χ0v) is 27.0. The van der Waals surface area contributed by atoms with Gasteiger partial charge in [-0.25, -0.2) is 4.90 Å². The van der Waals surface area contributed by atoms with Crippen molar-refractivity contribution in [1.82, 2.24) is 0 Å². The molecule has 226 valence electrons. The number of allylic oxidation sites excluding steroid dienone is 2. The van der Waals surface area contributed by atoms with E-state index in [1.165, 1.54) is 23.1 Å². The zero-order chi connectivity index (χ0) is 31.2. The molecule has 0 aromatic heterocycles. The Morgan fingerprint density at radius 1 is 0.930 bits per heavy atom. The Hall–Kier alpha value is -2.20. The summed E-state index contributed by atoms with van der Waals surface area (Å²) in [6.45, 7) is 4.03. The molecule has 1 saturated carbocycles. The highest BCUT2D eigenvalue weighted by atomic mass is 35.5. The van der Waals surface area contributed by atoms with Crippen LogP contribution in [-0.4, -0.2) is 50.9 Å². The number of esters is 1. The van der Waals surface area contributed by atoms with Crippen molar-refractivity contribution in [2.75, 3.05) is 23.0 Å². The highest BCUT2D eigenvalue weighted by Crippen LogP contribution is 2.77. The molecule has 0 radical (unpaired) electrons. The summed E-state index contributed by atoms with van der Waals surface area (Å²) in [7, 11) is 0. The molecule has 4 aliphatic rings. The molecule has 2 heterocycles. The van der Waals surface area contributed by atoms with E-state index >= 15 is 0 Å². The molecule has 3 amide bonds. The molecule has 43 heavy (non-hydrogen) atoms. The lowest BCUT2D eigenvalue weighted by Crippen LogP contribution is -2.50. The molecule has 6 rings (SSSR count). The molecular weight excluding hydrogens is 685 g/mol. The quantitative estimate of drug-likeness (QED) is 0.152. The van der Waals surface area contributed by atoms with Gasteiger partial charge in [0.1, 0.15) is 21.2 Å². The van der Waals surface area contributed by atoms with Crippen LogP contribution in [0, 0.1) is 24.7 Å². The maximum atomic E-state index is 13.7. The number of para-hydroxylation sites is 2. The number of amides is 3. The fraction of sp³-hybridized carbons (Fsp3) is 0.379. The highest BCUT2D eigenvalue weighted by molar-refractivity contribution is 6.67. The van der Waals surface area contributed by atoms with Crippen molar-refractivity contribution in [1.29, 1.82) is 0 Å². The molecule has 3 fully saturated rings. The van der Waals surface area contributed by atoms with E-state index in [-0.39, 0.29) is 40.4 Å². The van der Waals surface area contributed by atoms with Gasteiger partial charge in [-0.3, -0.25) is 19.2 Å². The lowest BCUT2D eigenvalue weighted by atomic mass is 9.84. The minimum absolute atomic E-state index is 0.0297. The Balaban J connectivity index is 1.21. The van der Waals surface area contributed by atoms with Crippen LogP contribution in [0.3, 0.4) is 0 Å². The first-order valence-corrected chi connectivity index (χ1v) is 15.5. The van der Waals surface area contributed by atoms with Crippen molar-refractivity contribution < 1.29 is 28.7 Å². The zero-order valence-electron chi connectivity index (χ0n) is 22.5. The second-order valence-corrected chi connectivity index (χ2v) is 14.0. The van der Waals surface area contributed by atoms with E-state index in [0.717, 1.165) is 4.90 Å². The number of nitrogens with zero attached hydrogens (tertiary/aromatic N) is 2. The SMILES string of the molecule is CCOc1ccccc1N1C[C@@H](C(=O)Oc2ccc(N3C(=O)[C@@H]4[C@H](C3=O)[C@@]3(Cl)C(Cl)=C(Cl)[C@@]4(Cl)C3(Cl)Cl)c(C)c2)CC1=O. The third-order valence-corrected chi connectivity index (χ3v) is 12.7. The van der Waals surface area contributed by atoms with E-state index in [1.54, 1.807) is 31.2 Å². The topological polar surface area (TPSA) is 93.2 Å². The molecule has 2 saturated heterocycles. The largest absolute Gasteiger partial charge is 0.492 e. The number of imide groups is 1. The Kier molecular flexibility index (Phi) is 7.47. The van der Waals surface area contributed by atoms with E-state index in [0.29, 0.717) is 23.6 Å². The van der Waals surface area contributed by atoms with Gasteiger partial charge >= 0.3 is 5.97 Å².